The molecule has 1 fully saturated rings. The number of hydrogen-bond acceptors (Lipinski definition) is 4. The zero-order valence-corrected chi connectivity index (χ0v) is 14.1. The van der Waals surface area contributed by atoms with Crippen LogP contribution in [0, 0.1) is 5.92 Å². The van der Waals surface area contributed by atoms with Gasteiger partial charge in [-0.3, -0.25) is 4.79 Å². The molecule has 22 heavy (non-hydrogen) atoms. The molecule has 0 saturated heterocycles. The van der Waals surface area contributed by atoms with Crippen molar-refractivity contribution in [1.29, 1.82) is 0 Å². The predicted octanol–water partition coefficient (Wildman–Crippen LogP) is 4.95. The fourth-order valence-electron chi connectivity index (χ4n) is 2.68. The first kappa shape index (κ1) is 15.6. The van der Waals surface area contributed by atoms with Gasteiger partial charge in [0.15, 0.2) is 5.13 Å². The number of thiazole rings is 1. The van der Waals surface area contributed by atoms with Gasteiger partial charge in [0.05, 0.1) is 5.69 Å². The smallest absolute Gasteiger partial charge is 0.229 e. The number of hydrogen-bond donors (Lipinski definition) is 1. The molecular formula is C17H20N2OS2. The Labute approximate surface area is 139 Å². The lowest BCUT2D eigenvalue weighted by Gasteiger charge is -2.19. The third kappa shape index (κ3) is 4.34. The SMILES string of the molecule is O=C(Nc1nc(CSc2ccccc2)cs1)C1CCCCC1. The second kappa shape index (κ2) is 7.79. The molecule has 0 bridgehead atoms. The highest BCUT2D eigenvalue weighted by Gasteiger charge is 2.21. The standard InChI is InChI=1S/C17H20N2OS2/c20-16(13-7-3-1-4-8-13)19-17-18-14(12-22-17)11-21-15-9-5-2-6-10-15/h2,5-6,9-10,12-13H,1,3-4,7-8,11H2,(H,18,19,20). The maximum atomic E-state index is 12.2. The summed E-state index contributed by atoms with van der Waals surface area (Å²) in [5.74, 6) is 1.16. The van der Waals surface area contributed by atoms with Crippen LogP contribution in [0.1, 0.15) is 37.8 Å². The van der Waals surface area contributed by atoms with E-state index in [1.54, 1.807) is 11.8 Å². The van der Waals surface area contributed by atoms with E-state index in [1.807, 2.05) is 23.6 Å². The van der Waals surface area contributed by atoms with Crippen LogP contribution in [0.25, 0.3) is 0 Å². The molecule has 0 aliphatic heterocycles. The van der Waals surface area contributed by atoms with Gasteiger partial charge < -0.3 is 5.32 Å². The lowest BCUT2D eigenvalue weighted by Crippen LogP contribution is -2.24. The van der Waals surface area contributed by atoms with E-state index in [-0.39, 0.29) is 11.8 Å². The van der Waals surface area contributed by atoms with E-state index in [0.717, 1.165) is 29.4 Å². The van der Waals surface area contributed by atoms with Gasteiger partial charge >= 0.3 is 0 Å². The molecule has 0 atom stereocenters. The van der Waals surface area contributed by atoms with Crippen molar-refractivity contribution in [3.63, 3.8) is 0 Å². The van der Waals surface area contributed by atoms with E-state index in [9.17, 15) is 4.79 Å². The Bertz CT molecular complexity index is 606. The van der Waals surface area contributed by atoms with Gasteiger partial charge in [0.1, 0.15) is 0 Å². The highest BCUT2D eigenvalue weighted by molar-refractivity contribution is 7.98. The largest absolute Gasteiger partial charge is 0.302 e. The first-order chi connectivity index (χ1) is 10.8. The number of thioether (sulfide) groups is 1. The quantitative estimate of drug-likeness (QED) is 0.787. The average molecular weight is 332 g/mol. The summed E-state index contributed by atoms with van der Waals surface area (Å²) < 4.78 is 0. The number of carbonyl (C=O) groups is 1. The Hall–Kier alpha value is -1.33. The predicted molar refractivity (Wildman–Crippen MR) is 93.3 cm³/mol. The Kier molecular flexibility index (Phi) is 5.51. The molecule has 1 aromatic carbocycles. The summed E-state index contributed by atoms with van der Waals surface area (Å²) in [6.45, 7) is 0. The van der Waals surface area contributed by atoms with Crippen LogP contribution in [0.2, 0.25) is 0 Å². The van der Waals surface area contributed by atoms with Crippen molar-refractivity contribution in [2.45, 2.75) is 42.8 Å². The number of nitrogens with one attached hydrogen (secondary N) is 1. The average Bonchev–Trinajstić information content (AvgIpc) is 3.02. The Balaban J connectivity index is 1.51. The van der Waals surface area contributed by atoms with Crippen LogP contribution in [0.3, 0.4) is 0 Å². The summed E-state index contributed by atoms with van der Waals surface area (Å²) in [6.07, 6.45) is 5.66. The van der Waals surface area contributed by atoms with E-state index in [4.69, 9.17) is 0 Å². The maximum absolute atomic E-state index is 12.2. The summed E-state index contributed by atoms with van der Waals surface area (Å²) in [5.41, 5.74) is 1.03. The third-order valence-corrected chi connectivity index (χ3v) is 5.74. The van der Waals surface area contributed by atoms with Crippen LogP contribution >= 0.6 is 23.1 Å². The van der Waals surface area contributed by atoms with Crippen LogP contribution < -0.4 is 5.32 Å². The monoisotopic (exact) mass is 332 g/mol. The number of aromatic nitrogens is 1. The van der Waals surface area contributed by atoms with Crippen LogP contribution in [0.5, 0.6) is 0 Å². The molecule has 5 heteroatoms. The molecule has 1 aromatic heterocycles. The molecule has 1 amide bonds. The van der Waals surface area contributed by atoms with Crippen molar-refractivity contribution < 1.29 is 4.79 Å². The molecule has 3 nitrogen and oxygen atoms in total. The molecule has 0 unspecified atom stereocenters. The summed E-state index contributed by atoms with van der Waals surface area (Å²) in [7, 11) is 0. The molecule has 1 heterocycles. The molecule has 1 N–H and O–H groups in total. The first-order valence-electron chi connectivity index (χ1n) is 7.74. The number of anilines is 1. The van der Waals surface area contributed by atoms with Crippen molar-refractivity contribution in [3.8, 4) is 0 Å². The molecule has 0 radical (unpaired) electrons. The summed E-state index contributed by atoms with van der Waals surface area (Å²) in [6, 6.07) is 10.3. The lowest BCUT2D eigenvalue weighted by atomic mass is 9.89. The Morgan fingerprint density at radius 1 is 1.23 bits per heavy atom. The van der Waals surface area contributed by atoms with Gasteiger partial charge in [-0.25, -0.2) is 4.98 Å². The van der Waals surface area contributed by atoms with E-state index in [1.165, 1.54) is 35.5 Å². The van der Waals surface area contributed by atoms with Gasteiger partial charge in [-0.05, 0) is 25.0 Å². The first-order valence-corrected chi connectivity index (χ1v) is 9.61. The third-order valence-electron chi connectivity index (χ3n) is 3.89. The summed E-state index contributed by atoms with van der Waals surface area (Å²) in [4.78, 5) is 18.0. The van der Waals surface area contributed by atoms with Crippen LogP contribution in [-0.2, 0) is 10.5 Å². The second-order valence-corrected chi connectivity index (χ2v) is 7.48. The molecule has 1 aliphatic rings. The van der Waals surface area contributed by atoms with Crippen LogP contribution in [-0.4, -0.2) is 10.9 Å². The van der Waals surface area contributed by atoms with Crippen molar-refractivity contribution in [2.24, 2.45) is 5.92 Å². The fourth-order valence-corrected chi connectivity index (χ4v) is 4.31. The number of carbonyl (C=O) groups excluding carboxylic acids is 1. The molecule has 116 valence electrons. The van der Waals surface area contributed by atoms with Crippen molar-refractivity contribution in [1.82, 2.24) is 4.98 Å². The van der Waals surface area contributed by atoms with Gasteiger partial charge in [-0.15, -0.1) is 23.1 Å². The minimum absolute atomic E-state index is 0.149. The molecule has 1 aliphatic carbocycles. The van der Waals surface area contributed by atoms with E-state index in [2.05, 4.69) is 22.4 Å². The Morgan fingerprint density at radius 3 is 2.77 bits per heavy atom. The highest BCUT2D eigenvalue weighted by atomic mass is 32.2. The highest BCUT2D eigenvalue weighted by Crippen LogP contribution is 2.27. The van der Waals surface area contributed by atoms with Crippen molar-refractivity contribution in [2.75, 3.05) is 5.32 Å². The fraction of sp³-hybridized carbons (Fsp3) is 0.412. The van der Waals surface area contributed by atoms with Gasteiger partial charge in [-0.1, -0.05) is 37.5 Å². The number of nitrogens with zero attached hydrogens (tertiary/aromatic N) is 1. The van der Waals surface area contributed by atoms with E-state index in [0.29, 0.717) is 0 Å². The van der Waals surface area contributed by atoms with Crippen LogP contribution in [0.4, 0.5) is 5.13 Å². The lowest BCUT2D eigenvalue weighted by molar-refractivity contribution is -0.120. The summed E-state index contributed by atoms with van der Waals surface area (Å²) in [5, 5.41) is 5.76. The van der Waals surface area contributed by atoms with Gasteiger partial charge in [0.2, 0.25) is 5.91 Å². The van der Waals surface area contributed by atoms with Crippen molar-refractivity contribution in [3.05, 3.63) is 41.4 Å². The number of benzene rings is 1. The molecule has 1 saturated carbocycles. The minimum Gasteiger partial charge on any atom is -0.302 e. The number of amides is 1. The topological polar surface area (TPSA) is 42.0 Å². The zero-order chi connectivity index (χ0) is 15.2. The second-order valence-electron chi connectivity index (χ2n) is 5.57. The maximum Gasteiger partial charge on any atom is 0.229 e. The summed E-state index contributed by atoms with van der Waals surface area (Å²) >= 11 is 3.29. The van der Waals surface area contributed by atoms with Gasteiger partial charge in [0.25, 0.3) is 0 Å². The Morgan fingerprint density at radius 2 is 2.00 bits per heavy atom. The molecule has 3 rings (SSSR count). The number of rotatable bonds is 5. The normalized spacial score (nSPS) is 15.6. The van der Waals surface area contributed by atoms with Gasteiger partial charge in [0, 0.05) is 21.9 Å². The molecule has 2 aromatic rings. The molecule has 0 spiro atoms. The van der Waals surface area contributed by atoms with E-state index >= 15 is 0 Å². The zero-order valence-electron chi connectivity index (χ0n) is 12.5. The minimum atomic E-state index is 0.149. The van der Waals surface area contributed by atoms with Crippen LogP contribution in [0.15, 0.2) is 40.6 Å². The van der Waals surface area contributed by atoms with Crippen molar-refractivity contribution >= 4 is 34.1 Å². The van der Waals surface area contributed by atoms with E-state index < -0.39 is 0 Å². The van der Waals surface area contributed by atoms with Gasteiger partial charge in [-0.2, -0.15) is 0 Å². The molecular weight excluding hydrogens is 312 g/mol.